The van der Waals surface area contributed by atoms with Gasteiger partial charge < -0.3 is 26.2 Å². The SMILES string of the molecule is CC.C[C@H]1CCCN(c2ncncc2Nc2cccc3cnc(-c4c(F)cccc4F)nc23)C1.N[C@H]1C[C@@H](CF)CN(c2ccncc2Nc2cccc3cnc(-c4c(F)cccc4F)nc23)C1. The molecule has 0 spiro atoms. The summed E-state index contributed by atoms with van der Waals surface area (Å²) in [5.74, 6) is -1.62. The van der Waals surface area contributed by atoms with Gasteiger partial charge in [0.25, 0.3) is 0 Å². The summed E-state index contributed by atoms with van der Waals surface area (Å²) >= 11 is 0. The van der Waals surface area contributed by atoms with E-state index in [1.165, 1.54) is 49.0 Å². The van der Waals surface area contributed by atoms with Crippen LogP contribution < -0.4 is 26.2 Å². The van der Waals surface area contributed by atoms with Gasteiger partial charge in [0.05, 0.1) is 64.0 Å². The molecule has 10 rings (SSSR count). The van der Waals surface area contributed by atoms with E-state index in [9.17, 15) is 22.0 Å². The summed E-state index contributed by atoms with van der Waals surface area (Å²) in [6, 6.07) is 20.2. The van der Waals surface area contributed by atoms with Crippen LogP contribution in [-0.2, 0) is 0 Å². The molecule has 0 bridgehead atoms. The molecule has 6 heterocycles. The molecule has 0 saturated carbocycles. The van der Waals surface area contributed by atoms with Crippen LogP contribution in [0.25, 0.3) is 44.6 Å². The lowest BCUT2D eigenvalue weighted by atomic mass is 9.95. The second-order valence-electron chi connectivity index (χ2n) is 16.6. The standard InChI is InChI=1S/C25H23F3N6.C24H22F2N6.C2H6/c26-10-15-9-17(29)14-34(13-15)22-7-8-30-12-21(22)32-20-6-1-3-16-11-31-25(33-24(16)20)23-18(27)4-2-5-19(23)28;1-15-5-4-10-32(13-15)24-20(12-27-14-29-24)30-19-9-2-6-16-11-28-23(31-22(16)19)21-17(25)7-3-8-18(21)26;1-2/h1-8,11-12,15,17,32H,9-10,13-14,29H2;2-3,6-9,11-12,14-15,30H,4-5,10,13H2,1H3;1-2H3/t15-,17-;15-;/m00./s1. The van der Waals surface area contributed by atoms with E-state index in [0.717, 1.165) is 42.1 Å². The third kappa shape index (κ3) is 10.4. The number of hydrogen-bond acceptors (Lipinski definition) is 12. The lowest BCUT2D eigenvalue weighted by molar-refractivity contribution is 0.297. The van der Waals surface area contributed by atoms with Gasteiger partial charge in [-0.1, -0.05) is 57.2 Å². The summed E-state index contributed by atoms with van der Waals surface area (Å²) in [5, 5.41) is 8.20. The van der Waals surface area contributed by atoms with Gasteiger partial charge in [0.2, 0.25) is 0 Å². The Kier molecular flexibility index (Phi) is 14.9. The average Bonchev–Trinajstić information content (AvgIpc) is 3.35. The number of benzene rings is 4. The van der Waals surface area contributed by atoms with Crippen molar-refractivity contribution in [3.05, 3.63) is 139 Å². The fourth-order valence-electron chi connectivity index (χ4n) is 8.63. The Bertz CT molecular complexity index is 2970. The Labute approximate surface area is 391 Å². The monoisotopic (exact) mass is 926 g/mol. The highest BCUT2D eigenvalue weighted by Gasteiger charge is 2.27. The topological polar surface area (TPSA) is 147 Å². The van der Waals surface area contributed by atoms with Crippen LogP contribution in [0.1, 0.15) is 40.0 Å². The van der Waals surface area contributed by atoms with Crippen LogP contribution in [0.3, 0.4) is 0 Å². The molecule has 4 N–H and O–H groups in total. The number of aromatic nitrogens is 7. The largest absolute Gasteiger partial charge is 0.368 e. The molecule has 0 aliphatic carbocycles. The van der Waals surface area contributed by atoms with Gasteiger partial charge in [0.1, 0.15) is 35.3 Å². The minimum atomic E-state index is -0.733. The second-order valence-corrected chi connectivity index (χ2v) is 16.6. The van der Waals surface area contributed by atoms with E-state index in [0.29, 0.717) is 58.9 Å². The Morgan fingerprint density at radius 2 is 1.19 bits per heavy atom. The van der Waals surface area contributed by atoms with E-state index >= 15 is 0 Å². The number of nitrogens with zero attached hydrogens (tertiary/aromatic N) is 9. The first-order chi connectivity index (χ1) is 33.1. The van der Waals surface area contributed by atoms with Crippen LogP contribution in [0.15, 0.2) is 116 Å². The van der Waals surface area contributed by atoms with Crippen molar-refractivity contribution in [2.45, 2.75) is 46.1 Å². The zero-order valence-corrected chi connectivity index (χ0v) is 37.9. The van der Waals surface area contributed by atoms with Crippen molar-refractivity contribution in [1.82, 2.24) is 34.9 Å². The molecular formula is C51H51F5N12. The molecule has 3 atom stereocenters. The summed E-state index contributed by atoms with van der Waals surface area (Å²) in [4.78, 5) is 34.6. The van der Waals surface area contributed by atoms with E-state index in [2.05, 4.69) is 62.2 Å². The third-order valence-electron chi connectivity index (χ3n) is 11.7. The number of alkyl halides is 1. The molecule has 68 heavy (non-hydrogen) atoms. The molecule has 2 aliphatic heterocycles. The van der Waals surface area contributed by atoms with E-state index in [-0.39, 0.29) is 34.7 Å². The molecule has 0 amide bonds. The Hall–Kier alpha value is -7.40. The smallest absolute Gasteiger partial charge is 0.165 e. The number of pyridine rings is 1. The van der Waals surface area contributed by atoms with Crippen molar-refractivity contribution in [2.75, 3.05) is 53.3 Å². The number of halogens is 5. The molecule has 350 valence electrons. The number of para-hydroxylation sites is 2. The predicted octanol–water partition coefficient (Wildman–Crippen LogP) is 11.2. The van der Waals surface area contributed by atoms with Gasteiger partial charge in [-0.15, -0.1) is 0 Å². The number of nitrogens with one attached hydrogen (secondary N) is 2. The minimum absolute atomic E-state index is 0.00302. The van der Waals surface area contributed by atoms with Crippen LogP contribution >= 0.6 is 0 Å². The molecule has 4 aromatic heterocycles. The zero-order valence-electron chi connectivity index (χ0n) is 37.9. The molecule has 12 nitrogen and oxygen atoms in total. The highest BCUT2D eigenvalue weighted by atomic mass is 19.1. The van der Waals surface area contributed by atoms with Gasteiger partial charge in [-0.05, 0) is 67.6 Å². The van der Waals surface area contributed by atoms with Crippen molar-refractivity contribution in [3.8, 4) is 22.8 Å². The Morgan fingerprint density at radius 3 is 1.76 bits per heavy atom. The first kappa shape index (κ1) is 47.1. The van der Waals surface area contributed by atoms with Crippen LogP contribution in [-0.4, -0.2) is 73.8 Å². The second kappa shape index (κ2) is 21.5. The third-order valence-corrected chi connectivity index (χ3v) is 11.7. The van der Waals surface area contributed by atoms with Gasteiger partial charge in [0.15, 0.2) is 17.5 Å². The Balaban J connectivity index is 0.000000178. The van der Waals surface area contributed by atoms with Crippen LogP contribution in [0, 0.1) is 35.1 Å². The van der Waals surface area contributed by atoms with Crippen molar-refractivity contribution in [2.24, 2.45) is 17.6 Å². The first-order valence-corrected chi connectivity index (χ1v) is 22.6. The fourth-order valence-corrected chi connectivity index (χ4v) is 8.63. The van der Waals surface area contributed by atoms with Crippen LogP contribution in [0.5, 0.6) is 0 Å². The van der Waals surface area contributed by atoms with E-state index < -0.39 is 29.9 Å². The lowest BCUT2D eigenvalue weighted by Gasteiger charge is -2.37. The molecule has 0 unspecified atom stereocenters. The van der Waals surface area contributed by atoms with Crippen LogP contribution in [0.4, 0.5) is 56.2 Å². The van der Waals surface area contributed by atoms with E-state index in [4.69, 9.17) is 5.73 Å². The highest BCUT2D eigenvalue weighted by Crippen LogP contribution is 2.36. The maximum atomic E-state index is 14.3. The quantitative estimate of drug-likeness (QED) is 0.118. The van der Waals surface area contributed by atoms with E-state index in [1.807, 2.05) is 56.3 Å². The molecular weight excluding hydrogens is 876 g/mol. The van der Waals surface area contributed by atoms with Crippen LogP contribution in [0.2, 0.25) is 0 Å². The summed E-state index contributed by atoms with van der Waals surface area (Å²) < 4.78 is 70.7. The number of piperidine rings is 2. The summed E-state index contributed by atoms with van der Waals surface area (Å²) in [6.07, 6.45) is 12.7. The van der Waals surface area contributed by atoms with Gasteiger partial charge in [-0.3, -0.25) is 9.37 Å². The fraction of sp³-hybridized carbons (Fsp3) is 0.275. The molecule has 2 fully saturated rings. The Morgan fingerprint density at radius 1 is 0.632 bits per heavy atom. The average molecular weight is 927 g/mol. The number of rotatable bonds is 9. The maximum absolute atomic E-state index is 14.3. The molecule has 8 aromatic rings. The molecule has 4 aromatic carbocycles. The molecule has 17 heteroatoms. The van der Waals surface area contributed by atoms with Crippen molar-refractivity contribution in [1.29, 1.82) is 0 Å². The first-order valence-electron chi connectivity index (χ1n) is 22.6. The van der Waals surface area contributed by atoms with Crippen molar-refractivity contribution in [3.63, 3.8) is 0 Å². The normalized spacial score (nSPS) is 16.9. The lowest BCUT2D eigenvalue weighted by Crippen LogP contribution is -2.47. The van der Waals surface area contributed by atoms with E-state index in [1.54, 1.807) is 31.1 Å². The molecule has 2 aliphatic rings. The number of hydrogen-bond donors (Lipinski definition) is 3. The molecule has 0 radical (unpaired) electrons. The number of anilines is 6. The predicted molar refractivity (Wildman–Crippen MR) is 259 cm³/mol. The number of fused-ring (bicyclic) bond motifs is 2. The van der Waals surface area contributed by atoms with Gasteiger partial charge in [-0.25, -0.2) is 47.5 Å². The summed E-state index contributed by atoms with van der Waals surface area (Å²) in [6.45, 7) is 8.84. The molecule has 2 saturated heterocycles. The zero-order chi connectivity index (χ0) is 47.7. The maximum Gasteiger partial charge on any atom is 0.165 e. The van der Waals surface area contributed by atoms with Crippen molar-refractivity contribution >= 4 is 56.1 Å². The van der Waals surface area contributed by atoms with Gasteiger partial charge in [0, 0.05) is 67.5 Å². The summed E-state index contributed by atoms with van der Waals surface area (Å²) in [5.41, 5.74) is 10.3. The van der Waals surface area contributed by atoms with Gasteiger partial charge in [-0.2, -0.15) is 0 Å². The minimum Gasteiger partial charge on any atom is -0.368 e. The summed E-state index contributed by atoms with van der Waals surface area (Å²) in [7, 11) is 0. The van der Waals surface area contributed by atoms with Gasteiger partial charge >= 0.3 is 0 Å². The highest BCUT2D eigenvalue weighted by molar-refractivity contribution is 5.95. The van der Waals surface area contributed by atoms with Crippen molar-refractivity contribution < 1.29 is 22.0 Å². The number of nitrogens with two attached hydrogens (primary N) is 1.